The molecule has 2 fully saturated rings. The molecule has 114 valence electrons. The van der Waals surface area contributed by atoms with Gasteiger partial charge in [0.2, 0.25) is 5.91 Å². The molecular weight excluding hydrogens is 264 g/mol. The zero-order chi connectivity index (χ0) is 14.7. The van der Waals surface area contributed by atoms with Crippen LogP contribution in [0.5, 0.6) is 0 Å². The first kappa shape index (κ1) is 14.5. The number of carbonyl (C=O) groups excluding carboxylic acids is 1. The van der Waals surface area contributed by atoms with Crippen molar-refractivity contribution in [3.63, 3.8) is 0 Å². The Morgan fingerprint density at radius 1 is 1.24 bits per heavy atom. The van der Waals surface area contributed by atoms with Gasteiger partial charge in [-0.05, 0) is 42.5 Å². The summed E-state index contributed by atoms with van der Waals surface area (Å²) in [5.74, 6) is 1.64. The molecule has 0 unspecified atom stereocenters. The van der Waals surface area contributed by atoms with E-state index in [-0.39, 0.29) is 5.91 Å². The zero-order valence-corrected chi connectivity index (χ0v) is 12.7. The summed E-state index contributed by atoms with van der Waals surface area (Å²) in [5.41, 5.74) is 1.34. The fourth-order valence-electron chi connectivity index (χ4n) is 3.64. The Balaban J connectivity index is 1.53. The Hall–Kier alpha value is -1.46. The van der Waals surface area contributed by atoms with Crippen LogP contribution in [0.4, 0.5) is 0 Å². The fourth-order valence-corrected chi connectivity index (χ4v) is 3.64. The summed E-state index contributed by atoms with van der Waals surface area (Å²) >= 11 is 0. The molecule has 0 aliphatic carbocycles. The first-order valence-corrected chi connectivity index (χ1v) is 7.79. The average molecular weight is 288 g/mol. The van der Waals surface area contributed by atoms with Crippen LogP contribution in [0, 0.1) is 11.8 Å². The van der Waals surface area contributed by atoms with Crippen molar-refractivity contribution in [1.82, 2.24) is 20.1 Å². The monoisotopic (exact) mass is 288 g/mol. The van der Waals surface area contributed by atoms with E-state index in [2.05, 4.69) is 32.2 Å². The minimum Gasteiger partial charge on any atom is -0.358 e. The van der Waals surface area contributed by atoms with Gasteiger partial charge in [-0.3, -0.25) is 19.6 Å². The Morgan fingerprint density at radius 3 is 2.71 bits per heavy atom. The molecule has 21 heavy (non-hydrogen) atoms. The Kier molecular flexibility index (Phi) is 4.51. The lowest BCUT2D eigenvalue weighted by molar-refractivity contribution is -0.122. The number of pyridine rings is 1. The Bertz CT molecular complexity index is 478. The van der Waals surface area contributed by atoms with Crippen molar-refractivity contribution in [3.05, 3.63) is 30.1 Å². The molecule has 2 saturated heterocycles. The molecule has 1 N–H and O–H groups in total. The van der Waals surface area contributed by atoms with Crippen molar-refractivity contribution in [1.29, 1.82) is 0 Å². The third-order valence-electron chi connectivity index (χ3n) is 4.76. The van der Waals surface area contributed by atoms with Crippen molar-refractivity contribution in [2.24, 2.45) is 11.8 Å². The fraction of sp³-hybridized carbons (Fsp3) is 0.625. The Morgan fingerprint density at radius 2 is 1.95 bits per heavy atom. The van der Waals surface area contributed by atoms with Crippen LogP contribution in [0.3, 0.4) is 0 Å². The van der Waals surface area contributed by atoms with Crippen molar-refractivity contribution >= 4 is 5.91 Å². The van der Waals surface area contributed by atoms with E-state index < -0.39 is 0 Å². The highest BCUT2D eigenvalue weighted by atomic mass is 16.1. The summed E-state index contributed by atoms with van der Waals surface area (Å²) in [4.78, 5) is 20.4. The van der Waals surface area contributed by atoms with Crippen molar-refractivity contribution in [2.75, 3.05) is 39.8 Å². The van der Waals surface area contributed by atoms with E-state index in [0.29, 0.717) is 12.5 Å². The number of hydrogen-bond donors (Lipinski definition) is 1. The van der Waals surface area contributed by atoms with Gasteiger partial charge in [-0.25, -0.2) is 0 Å². The van der Waals surface area contributed by atoms with Crippen LogP contribution >= 0.6 is 0 Å². The standard InChI is InChI=1S/C16H24N4O/c1-17-16(21)12-19-7-4-14-9-20(11-15(14)10-19)8-13-2-5-18-6-3-13/h2-3,5-6,14-15H,4,7-12H2,1H3,(H,17,21)/t14-,15+/m1/s1. The molecule has 0 radical (unpaired) electrons. The van der Waals surface area contributed by atoms with Crippen LogP contribution in [0.2, 0.25) is 0 Å². The zero-order valence-electron chi connectivity index (χ0n) is 12.7. The molecule has 2 aliphatic rings. The van der Waals surface area contributed by atoms with Crippen molar-refractivity contribution in [3.8, 4) is 0 Å². The van der Waals surface area contributed by atoms with Gasteiger partial charge in [-0.2, -0.15) is 0 Å². The maximum atomic E-state index is 11.5. The second kappa shape index (κ2) is 6.54. The van der Waals surface area contributed by atoms with Crippen molar-refractivity contribution < 1.29 is 4.79 Å². The van der Waals surface area contributed by atoms with Gasteiger partial charge < -0.3 is 5.32 Å². The van der Waals surface area contributed by atoms with Gasteiger partial charge in [0.15, 0.2) is 0 Å². The summed E-state index contributed by atoms with van der Waals surface area (Å²) in [6, 6.07) is 4.19. The molecule has 1 aromatic rings. The maximum absolute atomic E-state index is 11.5. The van der Waals surface area contributed by atoms with Gasteiger partial charge in [0, 0.05) is 45.6 Å². The number of nitrogens with one attached hydrogen (secondary N) is 1. The molecule has 5 nitrogen and oxygen atoms in total. The molecule has 3 rings (SSSR count). The van der Waals surface area contributed by atoms with Crippen LogP contribution in [-0.4, -0.2) is 60.5 Å². The highest BCUT2D eigenvalue weighted by Gasteiger charge is 2.37. The SMILES string of the molecule is CNC(=O)CN1CC[C@@H]2CN(Cc3ccncc3)C[C@@H]2C1. The van der Waals surface area contributed by atoms with E-state index in [1.165, 1.54) is 18.5 Å². The molecule has 0 spiro atoms. The summed E-state index contributed by atoms with van der Waals surface area (Å²) in [6.45, 7) is 6.02. The highest BCUT2D eigenvalue weighted by Crippen LogP contribution is 2.31. The molecule has 1 aromatic heterocycles. The summed E-state index contributed by atoms with van der Waals surface area (Å²) in [6.07, 6.45) is 4.95. The number of rotatable bonds is 4. The number of fused-ring (bicyclic) bond motifs is 1. The first-order valence-electron chi connectivity index (χ1n) is 7.79. The van der Waals surface area contributed by atoms with Crippen LogP contribution in [-0.2, 0) is 11.3 Å². The highest BCUT2D eigenvalue weighted by molar-refractivity contribution is 5.77. The number of aromatic nitrogens is 1. The van der Waals surface area contributed by atoms with Crippen molar-refractivity contribution in [2.45, 2.75) is 13.0 Å². The maximum Gasteiger partial charge on any atom is 0.233 e. The van der Waals surface area contributed by atoms with Crippen LogP contribution < -0.4 is 5.32 Å². The van der Waals surface area contributed by atoms with Gasteiger partial charge in [-0.15, -0.1) is 0 Å². The number of carbonyl (C=O) groups is 1. The smallest absolute Gasteiger partial charge is 0.233 e. The second-order valence-corrected chi connectivity index (χ2v) is 6.27. The number of likely N-dealkylation sites (N-methyl/N-ethyl adjacent to an activating group) is 1. The molecule has 2 aliphatic heterocycles. The molecule has 5 heteroatoms. The van der Waals surface area contributed by atoms with Crippen LogP contribution in [0.15, 0.2) is 24.5 Å². The number of hydrogen-bond acceptors (Lipinski definition) is 4. The van der Waals surface area contributed by atoms with Gasteiger partial charge in [0.25, 0.3) is 0 Å². The number of nitrogens with zero attached hydrogens (tertiary/aromatic N) is 3. The van der Waals surface area contributed by atoms with E-state index in [1.807, 2.05) is 12.4 Å². The largest absolute Gasteiger partial charge is 0.358 e. The predicted molar refractivity (Wildman–Crippen MR) is 81.6 cm³/mol. The summed E-state index contributed by atoms with van der Waals surface area (Å²) in [7, 11) is 1.71. The number of piperidine rings is 1. The molecule has 2 atom stereocenters. The average Bonchev–Trinajstić information content (AvgIpc) is 2.89. The van der Waals surface area contributed by atoms with E-state index in [4.69, 9.17) is 0 Å². The van der Waals surface area contributed by atoms with Crippen LogP contribution in [0.25, 0.3) is 0 Å². The minimum atomic E-state index is 0.125. The van der Waals surface area contributed by atoms with Gasteiger partial charge in [-0.1, -0.05) is 0 Å². The minimum absolute atomic E-state index is 0.125. The lowest BCUT2D eigenvalue weighted by Gasteiger charge is -2.33. The van der Waals surface area contributed by atoms with E-state index in [9.17, 15) is 4.79 Å². The molecule has 0 aromatic carbocycles. The summed E-state index contributed by atoms with van der Waals surface area (Å²) < 4.78 is 0. The predicted octanol–water partition coefficient (Wildman–Crippen LogP) is 0.581. The molecule has 0 saturated carbocycles. The van der Waals surface area contributed by atoms with E-state index in [0.717, 1.165) is 32.1 Å². The normalized spacial score (nSPS) is 26.5. The van der Waals surface area contributed by atoms with Gasteiger partial charge >= 0.3 is 0 Å². The van der Waals surface area contributed by atoms with Crippen LogP contribution in [0.1, 0.15) is 12.0 Å². The topological polar surface area (TPSA) is 48.5 Å². The van der Waals surface area contributed by atoms with Gasteiger partial charge in [0.05, 0.1) is 6.54 Å². The molecule has 0 bridgehead atoms. The lowest BCUT2D eigenvalue weighted by Crippen LogP contribution is -2.44. The first-order chi connectivity index (χ1) is 10.2. The van der Waals surface area contributed by atoms with E-state index in [1.54, 1.807) is 7.05 Å². The number of likely N-dealkylation sites (tertiary alicyclic amines) is 2. The molecule has 1 amide bonds. The lowest BCUT2D eigenvalue weighted by atomic mass is 9.89. The quantitative estimate of drug-likeness (QED) is 0.880. The molecular formula is C16H24N4O. The second-order valence-electron chi connectivity index (χ2n) is 6.27. The third-order valence-corrected chi connectivity index (χ3v) is 4.76. The molecule has 3 heterocycles. The van der Waals surface area contributed by atoms with Gasteiger partial charge in [0.1, 0.15) is 0 Å². The Labute approximate surface area is 126 Å². The van der Waals surface area contributed by atoms with E-state index >= 15 is 0 Å². The summed E-state index contributed by atoms with van der Waals surface area (Å²) in [5, 5.41) is 2.72. The number of amides is 1. The third kappa shape index (κ3) is 3.60.